The molecule has 0 bridgehead atoms. The number of amides is 1. The first-order valence-corrected chi connectivity index (χ1v) is 4.24. The summed E-state index contributed by atoms with van der Waals surface area (Å²) in [5, 5.41) is 8.75. The fourth-order valence-corrected chi connectivity index (χ4v) is 1.45. The van der Waals surface area contributed by atoms with Crippen LogP contribution in [0.4, 0.5) is 0 Å². The Hall–Kier alpha value is -1.09. The number of aliphatic hydroxyl groups is 1. The number of carbonyl (C=O) groups is 1. The Morgan fingerprint density at radius 2 is 2.00 bits per heavy atom. The van der Waals surface area contributed by atoms with E-state index < -0.39 is 5.41 Å². The molecule has 13 heavy (non-hydrogen) atoms. The van der Waals surface area contributed by atoms with Crippen molar-refractivity contribution < 1.29 is 9.90 Å². The predicted molar refractivity (Wildman–Crippen MR) is 50.9 cm³/mol. The van der Waals surface area contributed by atoms with Gasteiger partial charge in [0.05, 0.1) is 12.0 Å². The van der Waals surface area contributed by atoms with E-state index in [-0.39, 0.29) is 12.5 Å². The highest BCUT2D eigenvalue weighted by Gasteiger charge is 2.44. The molecule has 1 N–H and O–H groups in total. The van der Waals surface area contributed by atoms with Crippen LogP contribution in [0.15, 0.2) is 24.4 Å². The normalized spacial score (nSPS) is 21.5. The van der Waals surface area contributed by atoms with Gasteiger partial charge < -0.3 is 10.0 Å². The van der Waals surface area contributed by atoms with Gasteiger partial charge in [0.1, 0.15) is 0 Å². The Morgan fingerprint density at radius 3 is 2.31 bits per heavy atom. The first-order chi connectivity index (χ1) is 5.92. The van der Waals surface area contributed by atoms with Gasteiger partial charge in [-0.1, -0.05) is 13.2 Å². The number of allylic oxidation sites excluding steroid dienone is 1. The first kappa shape index (κ1) is 9.99. The van der Waals surface area contributed by atoms with Gasteiger partial charge >= 0.3 is 0 Å². The van der Waals surface area contributed by atoms with Gasteiger partial charge in [0.15, 0.2) is 0 Å². The molecule has 0 aromatic carbocycles. The van der Waals surface area contributed by atoms with Crippen molar-refractivity contribution in [2.45, 2.75) is 13.8 Å². The summed E-state index contributed by atoms with van der Waals surface area (Å²) in [5.41, 5.74) is 0.807. The van der Waals surface area contributed by atoms with Crippen LogP contribution in [0, 0.1) is 5.41 Å². The summed E-state index contributed by atoms with van der Waals surface area (Å²) in [4.78, 5) is 13.2. The van der Waals surface area contributed by atoms with Crippen LogP contribution < -0.4 is 0 Å². The molecule has 0 aromatic heterocycles. The van der Waals surface area contributed by atoms with E-state index in [4.69, 9.17) is 5.11 Å². The lowest BCUT2D eigenvalue weighted by Gasteiger charge is -2.17. The molecule has 0 aromatic rings. The minimum absolute atomic E-state index is 0.0310. The summed E-state index contributed by atoms with van der Waals surface area (Å²) in [5.74, 6) is -0.0310. The van der Waals surface area contributed by atoms with E-state index in [0.29, 0.717) is 12.2 Å². The maximum absolute atomic E-state index is 11.7. The van der Waals surface area contributed by atoms with Crippen LogP contribution in [-0.4, -0.2) is 29.1 Å². The third-order valence-electron chi connectivity index (χ3n) is 2.53. The number of aliphatic hydroxyl groups excluding tert-OH is 1. The van der Waals surface area contributed by atoms with Crippen molar-refractivity contribution in [3.63, 3.8) is 0 Å². The lowest BCUT2D eigenvalue weighted by atomic mass is 9.87. The lowest BCUT2D eigenvalue weighted by molar-refractivity contribution is -0.133. The van der Waals surface area contributed by atoms with Crippen LogP contribution >= 0.6 is 0 Å². The van der Waals surface area contributed by atoms with Crippen molar-refractivity contribution in [2.75, 3.05) is 13.2 Å². The van der Waals surface area contributed by atoms with Gasteiger partial charge in [0.2, 0.25) is 5.91 Å². The average Bonchev–Trinajstić information content (AvgIpc) is 2.21. The molecule has 1 heterocycles. The minimum atomic E-state index is -0.563. The van der Waals surface area contributed by atoms with Gasteiger partial charge in [0.25, 0.3) is 0 Å². The second-order valence-corrected chi connectivity index (χ2v) is 3.73. The van der Waals surface area contributed by atoms with Crippen molar-refractivity contribution in [3.05, 3.63) is 24.4 Å². The van der Waals surface area contributed by atoms with Crippen LogP contribution in [0.2, 0.25) is 0 Å². The molecule has 0 spiro atoms. The predicted octanol–water partition coefficient (Wildman–Crippen LogP) is 0.917. The number of β-amino-alcohol motifs (C(OH)–C–C–N with tert-alkyl or cyclic N) is 1. The molecule has 0 saturated carbocycles. The van der Waals surface area contributed by atoms with Crippen molar-refractivity contribution in [1.82, 2.24) is 4.90 Å². The smallest absolute Gasteiger partial charge is 0.237 e. The number of likely N-dealkylation sites (tertiary alicyclic amines) is 1. The zero-order valence-corrected chi connectivity index (χ0v) is 8.13. The molecular weight excluding hydrogens is 166 g/mol. The summed E-state index contributed by atoms with van der Waals surface area (Å²) in [6, 6.07) is 0. The van der Waals surface area contributed by atoms with E-state index in [1.54, 1.807) is 0 Å². The first-order valence-electron chi connectivity index (χ1n) is 4.24. The average molecular weight is 181 g/mol. The highest BCUT2D eigenvalue weighted by molar-refractivity contribution is 5.92. The molecule has 1 saturated heterocycles. The Balaban J connectivity index is 2.99. The molecule has 0 atom stereocenters. The molecule has 1 rings (SSSR count). The third-order valence-corrected chi connectivity index (χ3v) is 2.53. The van der Waals surface area contributed by atoms with E-state index in [1.165, 1.54) is 4.90 Å². The van der Waals surface area contributed by atoms with E-state index in [0.717, 1.165) is 5.57 Å². The number of nitrogens with zero attached hydrogens (tertiary/aromatic N) is 1. The Morgan fingerprint density at radius 1 is 1.46 bits per heavy atom. The fraction of sp³-hybridized carbons (Fsp3) is 0.500. The topological polar surface area (TPSA) is 40.5 Å². The van der Waals surface area contributed by atoms with Crippen LogP contribution in [0.1, 0.15) is 13.8 Å². The van der Waals surface area contributed by atoms with Crippen molar-refractivity contribution >= 4 is 5.91 Å². The highest BCUT2D eigenvalue weighted by atomic mass is 16.3. The number of hydrogen-bond acceptors (Lipinski definition) is 2. The number of hydrogen-bond donors (Lipinski definition) is 1. The molecular formula is C10H15NO2. The van der Waals surface area contributed by atoms with E-state index in [1.807, 2.05) is 13.8 Å². The zero-order valence-electron chi connectivity index (χ0n) is 8.13. The summed E-state index contributed by atoms with van der Waals surface area (Å²) < 4.78 is 0. The molecule has 72 valence electrons. The quantitative estimate of drug-likeness (QED) is 0.688. The van der Waals surface area contributed by atoms with Crippen LogP contribution in [0.3, 0.4) is 0 Å². The zero-order chi connectivity index (χ0) is 10.2. The number of rotatable bonds is 2. The molecule has 0 unspecified atom stereocenters. The van der Waals surface area contributed by atoms with E-state index >= 15 is 0 Å². The summed E-state index contributed by atoms with van der Waals surface area (Å²) in [6.45, 7) is 11.5. The maximum atomic E-state index is 11.7. The minimum Gasteiger partial charge on any atom is -0.395 e. The van der Waals surface area contributed by atoms with Crippen LogP contribution in [0.5, 0.6) is 0 Å². The van der Waals surface area contributed by atoms with Crippen molar-refractivity contribution in [1.29, 1.82) is 0 Å². The van der Waals surface area contributed by atoms with Gasteiger partial charge in [-0.3, -0.25) is 4.79 Å². The van der Waals surface area contributed by atoms with Crippen LogP contribution in [-0.2, 0) is 4.79 Å². The van der Waals surface area contributed by atoms with Gasteiger partial charge in [-0.25, -0.2) is 0 Å². The molecule has 3 heteroatoms. The highest BCUT2D eigenvalue weighted by Crippen LogP contribution is 2.40. The molecule has 0 radical (unpaired) electrons. The Labute approximate surface area is 78.4 Å². The van der Waals surface area contributed by atoms with Gasteiger partial charge in [0, 0.05) is 12.2 Å². The standard InChI is InChI=1S/C10H15NO2/c1-7-8(2)11(5-6-12)9(13)10(7,3)4/h12H,1-2,5-6H2,3-4H3. The van der Waals surface area contributed by atoms with Gasteiger partial charge in [-0.2, -0.15) is 0 Å². The molecule has 1 fully saturated rings. The van der Waals surface area contributed by atoms with Crippen molar-refractivity contribution in [3.8, 4) is 0 Å². The monoisotopic (exact) mass is 181 g/mol. The Kier molecular flexibility index (Phi) is 2.30. The fourth-order valence-electron chi connectivity index (χ4n) is 1.45. The summed E-state index contributed by atoms with van der Waals surface area (Å²) >= 11 is 0. The molecule has 1 amide bonds. The van der Waals surface area contributed by atoms with E-state index in [9.17, 15) is 4.79 Å². The van der Waals surface area contributed by atoms with Crippen LogP contribution in [0.25, 0.3) is 0 Å². The van der Waals surface area contributed by atoms with Gasteiger partial charge in [-0.05, 0) is 19.4 Å². The molecule has 1 aliphatic rings. The second-order valence-electron chi connectivity index (χ2n) is 3.73. The third kappa shape index (κ3) is 1.29. The molecule has 3 nitrogen and oxygen atoms in total. The van der Waals surface area contributed by atoms with Crippen molar-refractivity contribution in [2.24, 2.45) is 5.41 Å². The SMILES string of the molecule is C=C1C(=C)C(C)(C)C(=O)N1CCO. The largest absolute Gasteiger partial charge is 0.395 e. The summed E-state index contributed by atoms with van der Waals surface area (Å²) in [6.07, 6.45) is 0. The molecule has 0 aliphatic carbocycles. The molecule has 1 aliphatic heterocycles. The number of carbonyl (C=O) groups excluding carboxylic acids is 1. The lowest BCUT2D eigenvalue weighted by Crippen LogP contribution is -2.32. The summed E-state index contributed by atoms with van der Waals surface area (Å²) in [7, 11) is 0. The Bertz CT molecular complexity index is 279. The van der Waals surface area contributed by atoms with E-state index in [2.05, 4.69) is 13.2 Å². The van der Waals surface area contributed by atoms with Gasteiger partial charge in [-0.15, -0.1) is 0 Å². The maximum Gasteiger partial charge on any atom is 0.237 e. The second kappa shape index (κ2) is 3.00.